The molecule has 0 aliphatic heterocycles. The molecule has 0 radical (unpaired) electrons. The highest BCUT2D eigenvalue weighted by Crippen LogP contribution is 2.25. The van der Waals surface area contributed by atoms with Crippen LogP contribution < -0.4 is 10.1 Å². The van der Waals surface area contributed by atoms with E-state index in [1.165, 1.54) is 0 Å². The first-order valence-electron chi connectivity index (χ1n) is 6.64. The van der Waals surface area contributed by atoms with Crippen molar-refractivity contribution in [3.05, 3.63) is 28.8 Å². The van der Waals surface area contributed by atoms with Gasteiger partial charge in [0.2, 0.25) is 0 Å². The van der Waals surface area contributed by atoms with Crippen LogP contribution in [0.5, 0.6) is 5.75 Å². The predicted octanol–water partition coefficient (Wildman–Crippen LogP) is 3.34. The summed E-state index contributed by atoms with van der Waals surface area (Å²) in [6, 6.07) is 5.42. The number of hydrogen-bond donors (Lipinski definition) is 1. The van der Waals surface area contributed by atoms with E-state index in [2.05, 4.69) is 11.2 Å². The first kappa shape index (κ1) is 16.4. The topological polar surface area (TPSA) is 38.3 Å². The summed E-state index contributed by atoms with van der Waals surface area (Å²) in [5, 5.41) is 3.32. The van der Waals surface area contributed by atoms with Gasteiger partial charge in [-0.05, 0) is 37.5 Å². The van der Waals surface area contributed by atoms with Crippen LogP contribution in [0.3, 0.4) is 0 Å². The monoisotopic (exact) mass is 293 g/mol. The number of carbonyl (C=O) groups excluding carboxylic acids is 1. The average Bonchev–Trinajstić information content (AvgIpc) is 2.46. The highest BCUT2D eigenvalue weighted by Gasteiger charge is 2.25. The van der Waals surface area contributed by atoms with Crippen molar-refractivity contribution in [2.45, 2.75) is 39.2 Å². The van der Waals surface area contributed by atoms with Gasteiger partial charge in [0.15, 0.2) is 6.61 Å². The minimum Gasteiger partial charge on any atom is -0.482 e. The second-order valence-corrected chi connectivity index (χ2v) is 5.11. The van der Waals surface area contributed by atoms with Crippen molar-refractivity contribution in [2.75, 3.05) is 6.61 Å². The second-order valence-electron chi connectivity index (χ2n) is 4.70. The van der Waals surface area contributed by atoms with E-state index in [-0.39, 0.29) is 12.5 Å². The minimum atomic E-state index is -0.600. The number of rotatable bonds is 6. The van der Waals surface area contributed by atoms with Crippen molar-refractivity contribution in [2.24, 2.45) is 0 Å². The number of carbonyl (C=O) groups is 1. The Labute approximate surface area is 125 Å². The summed E-state index contributed by atoms with van der Waals surface area (Å²) in [5.74, 6) is 2.91. The zero-order chi connectivity index (χ0) is 15.2. The SMILES string of the molecule is C#CC(CC)(CC)NC(=O)COc1cc(C)ccc1Cl. The third kappa shape index (κ3) is 4.18. The summed E-state index contributed by atoms with van der Waals surface area (Å²) < 4.78 is 5.45. The van der Waals surface area contributed by atoms with E-state index in [9.17, 15) is 4.79 Å². The van der Waals surface area contributed by atoms with Crippen molar-refractivity contribution in [1.82, 2.24) is 5.32 Å². The number of nitrogens with one attached hydrogen (secondary N) is 1. The Morgan fingerprint density at radius 1 is 1.45 bits per heavy atom. The zero-order valence-electron chi connectivity index (χ0n) is 12.1. The Kier molecular flexibility index (Phi) is 5.91. The van der Waals surface area contributed by atoms with Crippen LogP contribution in [0.1, 0.15) is 32.3 Å². The van der Waals surface area contributed by atoms with Gasteiger partial charge in [-0.1, -0.05) is 37.4 Å². The van der Waals surface area contributed by atoms with Gasteiger partial charge in [0.1, 0.15) is 11.3 Å². The van der Waals surface area contributed by atoms with Crippen LogP contribution in [0.15, 0.2) is 18.2 Å². The molecule has 0 heterocycles. The van der Waals surface area contributed by atoms with E-state index < -0.39 is 5.54 Å². The van der Waals surface area contributed by atoms with Crippen LogP contribution in [0.2, 0.25) is 5.02 Å². The van der Waals surface area contributed by atoms with Crippen molar-refractivity contribution in [3.8, 4) is 18.1 Å². The smallest absolute Gasteiger partial charge is 0.259 e. The number of terminal acetylenes is 1. The molecule has 0 unspecified atom stereocenters. The number of halogens is 1. The van der Waals surface area contributed by atoms with E-state index in [1.54, 1.807) is 12.1 Å². The number of hydrogen-bond acceptors (Lipinski definition) is 2. The predicted molar refractivity (Wildman–Crippen MR) is 82.0 cm³/mol. The van der Waals surface area contributed by atoms with E-state index in [4.69, 9.17) is 22.8 Å². The molecule has 1 N–H and O–H groups in total. The molecule has 0 saturated carbocycles. The van der Waals surface area contributed by atoms with Crippen LogP contribution >= 0.6 is 11.6 Å². The molecule has 0 atom stereocenters. The van der Waals surface area contributed by atoms with Crippen LogP contribution in [-0.2, 0) is 4.79 Å². The first-order chi connectivity index (χ1) is 9.46. The van der Waals surface area contributed by atoms with E-state index >= 15 is 0 Å². The lowest BCUT2D eigenvalue weighted by Crippen LogP contribution is -2.48. The van der Waals surface area contributed by atoms with Gasteiger partial charge in [0.05, 0.1) is 5.02 Å². The molecule has 0 bridgehead atoms. The lowest BCUT2D eigenvalue weighted by Gasteiger charge is -2.27. The molecule has 0 fully saturated rings. The number of amides is 1. The molecular formula is C16H20ClNO2. The number of benzene rings is 1. The van der Waals surface area contributed by atoms with Crippen LogP contribution in [-0.4, -0.2) is 18.1 Å². The second kappa shape index (κ2) is 7.21. The maximum Gasteiger partial charge on any atom is 0.259 e. The van der Waals surface area contributed by atoms with Gasteiger partial charge in [0, 0.05) is 0 Å². The molecule has 1 aromatic carbocycles. The largest absolute Gasteiger partial charge is 0.482 e. The summed E-state index contributed by atoms with van der Waals surface area (Å²) in [6.45, 7) is 5.72. The molecule has 3 nitrogen and oxygen atoms in total. The van der Waals surface area contributed by atoms with Crippen LogP contribution in [0.4, 0.5) is 0 Å². The van der Waals surface area contributed by atoms with Gasteiger partial charge in [-0.15, -0.1) is 6.42 Å². The molecule has 1 rings (SSSR count). The minimum absolute atomic E-state index is 0.105. The van der Waals surface area contributed by atoms with Crippen molar-refractivity contribution >= 4 is 17.5 Å². The molecule has 0 saturated heterocycles. The fourth-order valence-corrected chi connectivity index (χ4v) is 2.01. The van der Waals surface area contributed by atoms with Gasteiger partial charge in [-0.2, -0.15) is 0 Å². The molecule has 0 aromatic heterocycles. The van der Waals surface area contributed by atoms with Gasteiger partial charge in [0.25, 0.3) is 5.91 Å². The first-order valence-corrected chi connectivity index (χ1v) is 7.02. The average molecular weight is 294 g/mol. The highest BCUT2D eigenvalue weighted by atomic mass is 35.5. The number of aryl methyl sites for hydroxylation is 1. The quantitative estimate of drug-likeness (QED) is 0.817. The normalized spacial score (nSPS) is 10.8. The molecule has 0 spiro atoms. The Morgan fingerprint density at radius 3 is 2.65 bits per heavy atom. The Bertz CT molecular complexity index is 516. The summed E-state index contributed by atoms with van der Waals surface area (Å²) in [6.07, 6.45) is 6.86. The molecular weight excluding hydrogens is 274 g/mol. The van der Waals surface area contributed by atoms with E-state index in [0.29, 0.717) is 23.6 Å². The highest BCUT2D eigenvalue weighted by molar-refractivity contribution is 6.32. The summed E-state index contributed by atoms with van der Waals surface area (Å²) in [7, 11) is 0. The van der Waals surface area contributed by atoms with Gasteiger partial charge < -0.3 is 10.1 Å². The fourth-order valence-electron chi connectivity index (χ4n) is 1.83. The summed E-state index contributed by atoms with van der Waals surface area (Å²) in [4.78, 5) is 11.9. The molecule has 108 valence electrons. The standard InChI is InChI=1S/C16H20ClNO2/c1-5-16(6-2,7-3)18-15(19)11-20-14-10-12(4)8-9-13(14)17/h1,8-10H,6-7,11H2,2-4H3,(H,18,19). The Hall–Kier alpha value is -1.66. The molecule has 0 aliphatic carbocycles. The molecule has 20 heavy (non-hydrogen) atoms. The Morgan fingerprint density at radius 2 is 2.10 bits per heavy atom. The van der Waals surface area contributed by atoms with Gasteiger partial charge in [-0.3, -0.25) is 4.79 Å². The zero-order valence-corrected chi connectivity index (χ0v) is 12.9. The van der Waals surface area contributed by atoms with Crippen molar-refractivity contribution < 1.29 is 9.53 Å². The molecule has 0 aliphatic rings. The van der Waals surface area contributed by atoms with E-state index in [0.717, 1.165) is 5.56 Å². The molecule has 1 aromatic rings. The third-order valence-corrected chi connectivity index (χ3v) is 3.62. The Balaban J connectivity index is 2.64. The van der Waals surface area contributed by atoms with Crippen LogP contribution in [0.25, 0.3) is 0 Å². The van der Waals surface area contributed by atoms with Crippen LogP contribution in [0, 0.1) is 19.3 Å². The van der Waals surface area contributed by atoms with Crippen molar-refractivity contribution in [3.63, 3.8) is 0 Å². The third-order valence-electron chi connectivity index (χ3n) is 3.31. The van der Waals surface area contributed by atoms with Gasteiger partial charge >= 0.3 is 0 Å². The summed E-state index contributed by atoms with van der Waals surface area (Å²) in [5.41, 5.74) is 0.418. The maximum absolute atomic E-state index is 11.9. The molecule has 4 heteroatoms. The lowest BCUT2D eigenvalue weighted by atomic mass is 9.94. The molecule has 1 amide bonds. The number of ether oxygens (including phenoxy) is 1. The maximum atomic E-state index is 11.9. The summed E-state index contributed by atoms with van der Waals surface area (Å²) >= 11 is 6.01. The lowest BCUT2D eigenvalue weighted by molar-refractivity contribution is -0.124. The fraction of sp³-hybridized carbons (Fsp3) is 0.438. The van der Waals surface area contributed by atoms with Gasteiger partial charge in [-0.25, -0.2) is 0 Å². The van der Waals surface area contributed by atoms with Crippen molar-refractivity contribution in [1.29, 1.82) is 0 Å². The van der Waals surface area contributed by atoms with E-state index in [1.807, 2.05) is 26.8 Å².